The molecule has 2 aromatic carbocycles. The number of hydrogen-bond donors (Lipinski definition) is 0. The second-order valence-corrected chi connectivity index (χ2v) is 8.77. The Bertz CT molecular complexity index is 1240. The van der Waals surface area contributed by atoms with Crippen LogP contribution in [0.15, 0.2) is 80.7 Å². The van der Waals surface area contributed by atoms with Crippen molar-refractivity contribution in [3.63, 3.8) is 0 Å². The van der Waals surface area contributed by atoms with Crippen LogP contribution in [0.25, 0.3) is 10.6 Å². The number of benzene rings is 2. The Hall–Kier alpha value is -2.90. The van der Waals surface area contributed by atoms with Crippen LogP contribution < -0.4 is 11.2 Å². The summed E-state index contributed by atoms with van der Waals surface area (Å²) in [4.78, 5) is 30.5. The molecule has 0 N–H and O–H groups in total. The minimum absolute atomic E-state index is 0.243. The Kier molecular flexibility index (Phi) is 6.01. The number of rotatable bonds is 6. The van der Waals surface area contributed by atoms with Crippen LogP contribution in [-0.4, -0.2) is 14.1 Å². The zero-order chi connectivity index (χ0) is 21.1. The first-order chi connectivity index (χ1) is 14.5. The maximum Gasteiger partial charge on any atom is 0.331 e. The molecule has 0 aliphatic carbocycles. The lowest BCUT2D eigenvalue weighted by molar-refractivity contribution is 0.592. The summed E-state index contributed by atoms with van der Waals surface area (Å²) in [6.45, 7) is 2.05. The third-order valence-electron chi connectivity index (χ3n) is 4.82. The van der Waals surface area contributed by atoms with E-state index in [9.17, 15) is 9.59 Å². The first kappa shape index (κ1) is 20.4. The molecule has 152 valence electrons. The molecule has 0 spiro atoms. The second kappa shape index (κ2) is 8.85. The first-order valence-corrected chi connectivity index (χ1v) is 11.4. The fourth-order valence-corrected chi connectivity index (χ4v) is 5.18. The zero-order valence-corrected chi connectivity index (χ0v) is 18.4. The lowest BCUT2D eigenvalue weighted by Crippen LogP contribution is -2.41. The number of thioether (sulfide) groups is 1. The van der Waals surface area contributed by atoms with Crippen molar-refractivity contribution in [2.24, 2.45) is 7.05 Å². The summed E-state index contributed by atoms with van der Waals surface area (Å²) >= 11 is 3.07. The normalized spacial score (nSPS) is 11.0. The average molecular weight is 436 g/mol. The molecule has 0 amide bonds. The van der Waals surface area contributed by atoms with Crippen LogP contribution in [0.2, 0.25) is 0 Å². The quantitative estimate of drug-likeness (QED) is 0.334. The summed E-state index contributed by atoms with van der Waals surface area (Å²) in [7, 11) is 1.72. The highest BCUT2D eigenvalue weighted by Gasteiger charge is 2.16. The molecule has 0 saturated carbocycles. The topological polar surface area (TPSA) is 56.9 Å². The molecule has 0 aliphatic rings. The molecule has 0 radical (unpaired) electrons. The van der Waals surface area contributed by atoms with Crippen LogP contribution in [0.3, 0.4) is 0 Å². The Morgan fingerprint density at radius 3 is 2.37 bits per heavy atom. The second-order valence-electron chi connectivity index (χ2n) is 6.95. The smallest absolute Gasteiger partial charge is 0.291 e. The van der Waals surface area contributed by atoms with Crippen LogP contribution in [0, 0.1) is 6.92 Å². The third-order valence-corrected chi connectivity index (χ3v) is 7.06. The van der Waals surface area contributed by atoms with E-state index < -0.39 is 0 Å². The first-order valence-electron chi connectivity index (χ1n) is 9.51. The van der Waals surface area contributed by atoms with E-state index in [0.29, 0.717) is 16.3 Å². The van der Waals surface area contributed by atoms with Gasteiger partial charge in [0, 0.05) is 29.3 Å². The standard InChI is InChI=1S/C23H21N3O2S2/c1-16-21(27)26(13-17-9-5-3-6-10-17)23(28)25(2)22(16)30-15-19-14-29-20(24-19)18-11-7-4-8-12-18/h3-12,14H,13,15H2,1-2H3. The van der Waals surface area contributed by atoms with Crippen LogP contribution in [0.4, 0.5) is 0 Å². The van der Waals surface area contributed by atoms with Gasteiger partial charge in [0.25, 0.3) is 5.56 Å². The molecule has 5 nitrogen and oxygen atoms in total. The molecule has 2 aromatic heterocycles. The predicted molar refractivity (Wildman–Crippen MR) is 123 cm³/mol. The molecule has 0 fully saturated rings. The highest BCUT2D eigenvalue weighted by Crippen LogP contribution is 2.28. The Morgan fingerprint density at radius 2 is 1.67 bits per heavy atom. The lowest BCUT2D eigenvalue weighted by Gasteiger charge is -2.14. The molecule has 2 heterocycles. The molecular formula is C23H21N3O2S2. The molecule has 4 rings (SSSR count). The summed E-state index contributed by atoms with van der Waals surface area (Å²) in [6.07, 6.45) is 0. The van der Waals surface area contributed by atoms with Crippen molar-refractivity contribution in [1.82, 2.24) is 14.1 Å². The summed E-state index contributed by atoms with van der Waals surface area (Å²) in [6, 6.07) is 19.6. The number of nitrogens with zero attached hydrogens (tertiary/aromatic N) is 3. The fourth-order valence-electron chi connectivity index (χ4n) is 3.24. The van der Waals surface area contributed by atoms with E-state index in [2.05, 4.69) is 0 Å². The number of hydrogen-bond acceptors (Lipinski definition) is 5. The number of thiazole rings is 1. The van der Waals surface area contributed by atoms with Crippen molar-refractivity contribution >= 4 is 23.1 Å². The third kappa shape index (κ3) is 4.17. The minimum Gasteiger partial charge on any atom is -0.291 e. The van der Waals surface area contributed by atoms with Crippen LogP contribution in [0.5, 0.6) is 0 Å². The van der Waals surface area contributed by atoms with Crippen molar-refractivity contribution in [2.75, 3.05) is 0 Å². The van der Waals surface area contributed by atoms with Gasteiger partial charge in [-0.2, -0.15) is 0 Å². The minimum atomic E-state index is -0.305. The van der Waals surface area contributed by atoms with Crippen molar-refractivity contribution in [2.45, 2.75) is 24.2 Å². The monoisotopic (exact) mass is 435 g/mol. The van der Waals surface area contributed by atoms with Gasteiger partial charge >= 0.3 is 5.69 Å². The van der Waals surface area contributed by atoms with Crippen molar-refractivity contribution in [3.05, 3.63) is 104 Å². The van der Waals surface area contributed by atoms with Gasteiger partial charge in [0.15, 0.2) is 0 Å². The lowest BCUT2D eigenvalue weighted by atomic mass is 10.2. The van der Waals surface area contributed by atoms with Gasteiger partial charge in [-0.25, -0.2) is 9.78 Å². The zero-order valence-electron chi connectivity index (χ0n) is 16.7. The molecule has 30 heavy (non-hydrogen) atoms. The average Bonchev–Trinajstić information content (AvgIpc) is 3.26. The van der Waals surface area contributed by atoms with Gasteiger partial charge in [0.05, 0.1) is 17.3 Å². The van der Waals surface area contributed by atoms with Crippen molar-refractivity contribution < 1.29 is 0 Å². The van der Waals surface area contributed by atoms with Crippen molar-refractivity contribution in [1.29, 1.82) is 0 Å². The summed E-state index contributed by atoms with van der Waals surface area (Å²) in [5.74, 6) is 0.597. The molecule has 0 saturated heterocycles. The van der Waals surface area contributed by atoms with Gasteiger partial charge in [0.2, 0.25) is 0 Å². The van der Waals surface area contributed by atoms with Gasteiger partial charge in [-0.05, 0) is 12.5 Å². The largest absolute Gasteiger partial charge is 0.331 e. The fraction of sp³-hybridized carbons (Fsp3) is 0.174. The van der Waals surface area contributed by atoms with Gasteiger partial charge in [-0.1, -0.05) is 60.7 Å². The Morgan fingerprint density at radius 1 is 1.00 bits per heavy atom. The van der Waals surface area contributed by atoms with E-state index in [1.165, 1.54) is 16.3 Å². The van der Waals surface area contributed by atoms with E-state index in [0.717, 1.165) is 21.8 Å². The van der Waals surface area contributed by atoms with E-state index >= 15 is 0 Å². The molecular weight excluding hydrogens is 414 g/mol. The maximum absolute atomic E-state index is 12.9. The maximum atomic E-state index is 12.9. The van der Waals surface area contributed by atoms with E-state index in [-0.39, 0.29) is 17.8 Å². The molecule has 0 aliphatic heterocycles. The van der Waals surface area contributed by atoms with E-state index in [1.54, 1.807) is 29.9 Å². The molecule has 7 heteroatoms. The van der Waals surface area contributed by atoms with Gasteiger partial charge in [-0.3, -0.25) is 13.9 Å². The van der Waals surface area contributed by atoms with Crippen LogP contribution >= 0.6 is 23.1 Å². The Balaban J connectivity index is 1.57. The molecule has 0 atom stereocenters. The highest BCUT2D eigenvalue weighted by molar-refractivity contribution is 7.98. The predicted octanol–water partition coefficient (Wildman–Crippen LogP) is 4.32. The summed E-state index contributed by atoms with van der Waals surface area (Å²) in [5.41, 5.74) is 2.98. The number of aromatic nitrogens is 3. The van der Waals surface area contributed by atoms with Crippen LogP contribution in [-0.2, 0) is 19.3 Å². The Labute approximate surface area is 182 Å². The molecule has 4 aromatic rings. The SMILES string of the molecule is Cc1c(SCc2csc(-c3ccccc3)n2)n(C)c(=O)n(Cc2ccccc2)c1=O. The van der Waals surface area contributed by atoms with Crippen molar-refractivity contribution in [3.8, 4) is 10.6 Å². The van der Waals surface area contributed by atoms with Gasteiger partial charge in [0.1, 0.15) is 5.01 Å². The summed E-state index contributed by atoms with van der Waals surface area (Å²) in [5, 5.41) is 3.68. The van der Waals surface area contributed by atoms with Gasteiger partial charge in [-0.15, -0.1) is 23.1 Å². The van der Waals surface area contributed by atoms with Gasteiger partial charge < -0.3 is 0 Å². The molecule has 0 unspecified atom stereocenters. The van der Waals surface area contributed by atoms with Crippen LogP contribution in [0.1, 0.15) is 16.8 Å². The summed E-state index contributed by atoms with van der Waals surface area (Å²) < 4.78 is 2.86. The highest BCUT2D eigenvalue weighted by atomic mass is 32.2. The van der Waals surface area contributed by atoms with E-state index in [1.807, 2.05) is 66.0 Å². The van der Waals surface area contributed by atoms with E-state index in [4.69, 9.17) is 4.98 Å². The molecule has 0 bridgehead atoms.